The first-order valence-corrected chi connectivity index (χ1v) is 6.04. The van der Waals surface area contributed by atoms with Crippen molar-refractivity contribution in [2.24, 2.45) is 0 Å². The van der Waals surface area contributed by atoms with Crippen molar-refractivity contribution in [3.8, 4) is 6.07 Å². The van der Waals surface area contributed by atoms with Crippen molar-refractivity contribution in [3.63, 3.8) is 0 Å². The molecule has 0 spiro atoms. The lowest BCUT2D eigenvalue weighted by molar-refractivity contribution is -0.116. The highest BCUT2D eigenvalue weighted by atomic mass is 79.9. The summed E-state index contributed by atoms with van der Waals surface area (Å²) in [5.41, 5.74) is 0.0937. The molecule has 82 valence electrons. The highest BCUT2D eigenvalue weighted by molar-refractivity contribution is 9.11. The molecule has 5 heteroatoms. The van der Waals surface area contributed by atoms with Gasteiger partial charge in [-0.1, -0.05) is 6.08 Å². The van der Waals surface area contributed by atoms with E-state index in [0.717, 1.165) is 8.66 Å². The van der Waals surface area contributed by atoms with Crippen molar-refractivity contribution in [1.82, 2.24) is 5.32 Å². The number of hydrogen-bond donors (Lipinski definition) is 1. The first-order chi connectivity index (χ1) is 7.67. The maximum atomic E-state index is 11.5. The summed E-state index contributed by atoms with van der Waals surface area (Å²) in [5.74, 6) is -0.382. The SMILES string of the molecule is C=CCNC(=O)/C(C#N)=C/c1ccc(Br)s1. The molecule has 1 amide bonds. The Morgan fingerprint density at radius 2 is 2.44 bits per heavy atom. The van der Waals surface area contributed by atoms with E-state index in [1.807, 2.05) is 18.2 Å². The maximum absolute atomic E-state index is 11.5. The van der Waals surface area contributed by atoms with Crippen molar-refractivity contribution < 1.29 is 4.79 Å². The van der Waals surface area contributed by atoms with Crippen LogP contribution in [0.1, 0.15) is 4.88 Å². The Morgan fingerprint density at radius 3 is 2.94 bits per heavy atom. The van der Waals surface area contributed by atoms with Gasteiger partial charge in [-0.05, 0) is 34.1 Å². The van der Waals surface area contributed by atoms with E-state index in [-0.39, 0.29) is 11.5 Å². The summed E-state index contributed by atoms with van der Waals surface area (Å²) in [5, 5.41) is 11.4. The summed E-state index contributed by atoms with van der Waals surface area (Å²) >= 11 is 4.78. The highest BCUT2D eigenvalue weighted by Crippen LogP contribution is 2.23. The zero-order chi connectivity index (χ0) is 12.0. The van der Waals surface area contributed by atoms with E-state index < -0.39 is 0 Å². The molecule has 0 aromatic carbocycles. The summed E-state index contributed by atoms with van der Waals surface area (Å²) in [6.45, 7) is 3.84. The average molecular weight is 297 g/mol. The Hall–Kier alpha value is -1.38. The molecular weight excluding hydrogens is 288 g/mol. The molecule has 0 unspecified atom stereocenters. The number of amides is 1. The van der Waals surface area contributed by atoms with Crippen LogP contribution in [-0.4, -0.2) is 12.5 Å². The molecule has 16 heavy (non-hydrogen) atoms. The third-order valence-electron chi connectivity index (χ3n) is 1.65. The van der Waals surface area contributed by atoms with Gasteiger partial charge in [0.2, 0.25) is 0 Å². The number of carbonyl (C=O) groups is 1. The van der Waals surface area contributed by atoms with Crippen LogP contribution in [0.4, 0.5) is 0 Å². The second-order valence-electron chi connectivity index (χ2n) is 2.81. The number of nitrogens with one attached hydrogen (secondary N) is 1. The Labute approximate surface area is 106 Å². The second kappa shape index (κ2) is 6.26. The Morgan fingerprint density at radius 1 is 1.69 bits per heavy atom. The molecule has 1 rings (SSSR count). The molecule has 3 nitrogen and oxygen atoms in total. The van der Waals surface area contributed by atoms with E-state index in [4.69, 9.17) is 5.26 Å². The molecule has 0 atom stereocenters. The van der Waals surface area contributed by atoms with Gasteiger partial charge in [-0.15, -0.1) is 17.9 Å². The fourth-order valence-electron chi connectivity index (χ4n) is 0.957. The first-order valence-electron chi connectivity index (χ1n) is 4.43. The van der Waals surface area contributed by atoms with Gasteiger partial charge in [0.1, 0.15) is 11.6 Å². The predicted octanol–water partition coefficient (Wildman–Crippen LogP) is 2.72. The van der Waals surface area contributed by atoms with Gasteiger partial charge in [0.05, 0.1) is 3.79 Å². The normalized spacial score (nSPS) is 10.6. The van der Waals surface area contributed by atoms with Gasteiger partial charge in [0.25, 0.3) is 5.91 Å². The third-order valence-corrected chi connectivity index (χ3v) is 3.22. The lowest BCUT2D eigenvalue weighted by Gasteiger charge is -1.98. The highest BCUT2D eigenvalue weighted by Gasteiger charge is 2.07. The predicted molar refractivity (Wildman–Crippen MR) is 68.8 cm³/mol. The number of thiophene rings is 1. The van der Waals surface area contributed by atoms with Crippen LogP contribution in [0.25, 0.3) is 6.08 Å². The zero-order valence-electron chi connectivity index (χ0n) is 8.37. The minimum absolute atomic E-state index is 0.0937. The molecule has 1 heterocycles. The van der Waals surface area contributed by atoms with Crippen LogP contribution >= 0.6 is 27.3 Å². The fraction of sp³-hybridized carbons (Fsp3) is 0.0909. The van der Waals surface area contributed by atoms with Crippen molar-refractivity contribution in [3.05, 3.63) is 39.0 Å². The van der Waals surface area contributed by atoms with Gasteiger partial charge >= 0.3 is 0 Å². The van der Waals surface area contributed by atoms with Crippen LogP contribution in [-0.2, 0) is 4.79 Å². The van der Waals surface area contributed by atoms with Gasteiger partial charge < -0.3 is 5.32 Å². The summed E-state index contributed by atoms with van der Waals surface area (Å²) in [6.07, 6.45) is 3.13. The molecule has 0 aliphatic carbocycles. The second-order valence-corrected chi connectivity index (χ2v) is 5.30. The molecule has 1 N–H and O–H groups in total. The van der Waals surface area contributed by atoms with E-state index in [0.29, 0.717) is 6.54 Å². The van der Waals surface area contributed by atoms with Crippen LogP contribution in [0.15, 0.2) is 34.1 Å². The Bertz CT molecular complexity index is 471. The Balaban J connectivity index is 2.82. The van der Waals surface area contributed by atoms with E-state index in [1.165, 1.54) is 11.3 Å². The van der Waals surface area contributed by atoms with Gasteiger partial charge in [0, 0.05) is 11.4 Å². The standard InChI is InChI=1S/C11H9BrN2OS/c1-2-5-14-11(15)8(7-13)6-9-3-4-10(12)16-9/h2-4,6H,1,5H2,(H,14,15)/b8-6+. The van der Waals surface area contributed by atoms with Crippen LogP contribution in [0.5, 0.6) is 0 Å². The van der Waals surface area contributed by atoms with Crippen molar-refractivity contribution in [2.45, 2.75) is 0 Å². The molecule has 0 radical (unpaired) electrons. The number of hydrogen-bond acceptors (Lipinski definition) is 3. The molecule has 0 bridgehead atoms. The maximum Gasteiger partial charge on any atom is 0.262 e. The van der Waals surface area contributed by atoms with Gasteiger partial charge in [-0.2, -0.15) is 5.26 Å². The zero-order valence-corrected chi connectivity index (χ0v) is 10.8. The third kappa shape index (κ3) is 3.65. The summed E-state index contributed by atoms with van der Waals surface area (Å²) in [7, 11) is 0. The minimum Gasteiger partial charge on any atom is -0.348 e. The molecule has 0 aliphatic rings. The van der Waals surface area contributed by atoms with Crippen LogP contribution in [0.3, 0.4) is 0 Å². The van der Waals surface area contributed by atoms with Crippen LogP contribution < -0.4 is 5.32 Å². The topological polar surface area (TPSA) is 52.9 Å². The summed E-state index contributed by atoms with van der Waals surface area (Å²) in [6, 6.07) is 5.58. The molecule has 0 saturated carbocycles. The van der Waals surface area contributed by atoms with E-state index in [1.54, 1.807) is 12.2 Å². The molecule has 1 aromatic heterocycles. The molecule has 0 aliphatic heterocycles. The van der Waals surface area contributed by atoms with Crippen molar-refractivity contribution in [1.29, 1.82) is 5.26 Å². The quantitative estimate of drug-likeness (QED) is 0.528. The summed E-state index contributed by atoms with van der Waals surface area (Å²) in [4.78, 5) is 12.3. The monoisotopic (exact) mass is 296 g/mol. The first kappa shape index (κ1) is 12.7. The number of nitrogens with zero attached hydrogens (tertiary/aromatic N) is 1. The molecule has 1 aromatic rings. The van der Waals surface area contributed by atoms with Crippen molar-refractivity contribution in [2.75, 3.05) is 6.54 Å². The number of rotatable bonds is 4. The largest absolute Gasteiger partial charge is 0.348 e. The summed E-state index contributed by atoms with van der Waals surface area (Å²) < 4.78 is 0.961. The Kier molecular flexibility index (Phi) is 4.96. The lowest BCUT2D eigenvalue weighted by Crippen LogP contribution is -2.24. The van der Waals surface area contributed by atoms with Gasteiger partial charge in [-0.25, -0.2) is 0 Å². The number of carbonyl (C=O) groups excluding carboxylic acids is 1. The molecular formula is C11H9BrN2OS. The van der Waals surface area contributed by atoms with Crippen molar-refractivity contribution >= 4 is 39.2 Å². The van der Waals surface area contributed by atoms with E-state index in [9.17, 15) is 4.79 Å². The van der Waals surface area contributed by atoms with Gasteiger partial charge in [0.15, 0.2) is 0 Å². The van der Waals surface area contributed by atoms with Crippen LogP contribution in [0.2, 0.25) is 0 Å². The fourth-order valence-corrected chi connectivity index (χ4v) is 2.32. The number of halogens is 1. The smallest absolute Gasteiger partial charge is 0.262 e. The average Bonchev–Trinajstić information content (AvgIpc) is 2.68. The molecule has 0 fully saturated rings. The lowest BCUT2D eigenvalue weighted by atomic mass is 10.2. The minimum atomic E-state index is -0.382. The molecule has 0 saturated heterocycles. The van der Waals surface area contributed by atoms with E-state index >= 15 is 0 Å². The van der Waals surface area contributed by atoms with E-state index in [2.05, 4.69) is 27.8 Å². The van der Waals surface area contributed by atoms with Gasteiger partial charge in [-0.3, -0.25) is 4.79 Å². The number of nitriles is 1. The van der Waals surface area contributed by atoms with Crippen LogP contribution in [0, 0.1) is 11.3 Å².